The fourth-order valence-electron chi connectivity index (χ4n) is 11.5. The first-order valence-electron chi connectivity index (χ1n) is 39.2. The Morgan fingerprint density at radius 1 is 0.298 bits per heavy atom. The second-order valence-corrected chi connectivity index (χ2v) is 30.2. The van der Waals surface area contributed by atoms with Gasteiger partial charge in [0.15, 0.2) is 12.2 Å². The summed E-state index contributed by atoms with van der Waals surface area (Å²) in [5.41, 5.74) is 0. The molecule has 558 valence electrons. The Morgan fingerprint density at radius 3 is 0.755 bits per heavy atom. The highest BCUT2D eigenvalue weighted by atomic mass is 31.2. The van der Waals surface area contributed by atoms with Crippen molar-refractivity contribution >= 4 is 39.5 Å². The maximum absolute atomic E-state index is 13.1. The third-order valence-electron chi connectivity index (χ3n) is 17.9. The second kappa shape index (κ2) is 68.2. The van der Waals surface area contributed by atoms with Crippen LogP contribution in [0.1, 0.15) is 394 Å². The minimum atomic E-state index is -4.96. The predicted molar refractivity (Wildman–Crippen MR) is 382 cm³/mol. The first-order valence-corrected chi connectivity index (χ1v) is 42.2. The highest BCUT2D eigenvalue weighted by molar-refractivity contribution is 7.47. The number of phosphoric ester groups is 2. The number of ether oxygens (including phenoxy) is 4. The third-order valence-corrected chi connectivity index (χ3v) is 19.8. The van der Waals surface area contributed by atoms with Gasteiger partial charge < -0.3 is 33.8 Å². The molecule has 0 radical (unpaired) electrons. The highest BCUT2D eigenvalue weighted by Crippen LogP contribution is 2.45. The van der Waals surface area contributed by atoms with Crippen LogP contribution >= 0.6 is 15.6 Å². The maximum atomic E-state index is 13.1. The molecular weight excluding hydrogens is 1230 g/mol. The molecule has 0 aliphatic carbocycles. The Labute approximate surface area is 575 Å². The SMILES string of the molecule is CCCCCCCCCCCCCCCCCCC(=O)OC[C@H](COP(=O)(O)OC[C@@H](O)COP(=O)(O)OC[C@@H](COC(=O)CCCCCCCCCCC)OC(=O)CCCCCCCCCCCCC)OC(=O)CCCCCCCCCCCCCCCCC(C)CC. The molecule has 0 aromatic heterocycles. The monoisotopic (exact) mass is 1380 g/mol. The summed E-state index contributed by atoms with van der Waals surface area (Å²) < 4.78 is 68.4. The van der Waals surface area contributed by atoms with Gasteiger partial charge in [-0.3, -0.25) is 37.3 Å². The van der Waals surface area contributed by atoms with Crippen LogP contribution in [-0.2, 0) is 65.4 Å². The van der Waals surface area contributed by atoms with E-state index in [1.54, 1.807) is 0 Å². The van der Waals surface area contributed by atoms with Crippen LogP contribution in [0.5, 0.6) is 0 Å². The van der Waals surface area contributed by atoms with Gasteiger partial charge in [-0.2, -0.15) is 0 Å². The number of esters is 4. The minimum Gasteiger partial charge on any atom is -0.462 e. The second-order valence-electron chi connectivity index (χ2n) is 27.3. The highest BCUT2D eigenvalue weighted by Gasteiger charge is 2.30. The summed E-state index contributed by atoms with van der Waals surface area (Å²) in [7, 11) is -9.90. The Balaban J connectivity index is 5.22. The summed E-state index contributed by atoms with van der Waals surface area (Å²) >= 11 is 0. The molecule has 0 aliphatic rings. The molecule has 6 atom stereocenters. The first kappa shape index (κ1) is 92.1. The quantitative estimate of drug-likeness (QED) is 0.0222. The van der Waals surface area contributed by atoms with E-state index in [-0.39, 0.29) is 25.7 Å². The van der Waals surface area contributed by atoms with Crippen LogP contribution in [-0.4, -0.2) is 96.7 Å². The van der Waals surface area contributed by atoms with Gasteiger partial charge in [0.2, 0.25) is 0 Å². The van der Waals surface area contributed by atoms with Crippen LogP contribution in [0.4, 0.5) is 0 Å². The molecule has 3 unspecified atom stereocenters. The first-order chi connectivity index (χ1) is 45.6. The average Bonchev–Trinajstić information content (AvgIpc) is 1.83. The summed E-state index contributed by atoms with van der Waals surface area (Å²) in [5.74, 6) is -1.27. The smallest absolute Gasteiger partial charge is 0.462 e. The van der Waals surface area contributed by atoms with Gasteiger partial charge in [0, 0.05) is 25.7 Å². The van der Waals surface area contributed by atoms with E-state index in [0.717, 1.165) is 95.8 Å². The summed E-state index contributed by atoms with van der Waals surface area (Å²) in [6.45, 7) is 7.32. The van der Waals surface area contributed by atoms with Crippen molar-refractivity contribution in [1.82, 2.24) is 0 Å². The number of phosphoric acid groups is 2. The summed E-state index contributed by atoms with van der Waals surface area (Å²) in [6, 6.07) is 0. The molecule has 0 amide bonds. The molecule has 0 aliphatic heterocycles. The Hall–Kier alpha value is -1.94. The van der Waals surface area contributed by atoms with Crippen molar-refractivity contribution < 1.29 is 80.2 Å². The zero-order valence-corrected chi connectivity index (χ0v) is 62.9. The molecule has 19 heteroatoms. The van der Waals surface area contributed by atoms with Gasteiger partial charge in [0.05, 0.1) is 26.4 Å². The van der Waals surface area contributed by atoms with Crippen molar-refractivity contribution in [3.63, 3.8) is 0 Å². The Morgan fingerprint density at radius 2 is 0.511 bits per heavy atom. The van der Waals surface area contributed by atoms with E-state index >= 15 is 0 Å². The molecule has 0 aromatic carbocycles. The van der Waals surface area contributed by atoms with Crippen molar-refractivity contribution in [2.45, 2.75) is 412 Å². The lowest BCUT2D eigenvalue weighted by Gasteiger charge is -2.21. The number of hydrogen-bond acceptors (Lipinski definition) is 15. The van der Waals surface area contributed by atoms with Crippen LogP contribution in [0, 0.1) is 5.92 Å². The molecule has 17 nitrogen and oxygen atoms in total. The van der Waals surface area contributed by atoms with Gasteiger partial charge in [-0.05, 0) is 31.6 Å². The number of aliphatic hydroxyl groups excluding tert-OH is 1. The van der Waals surface area contributed by atoms with Gasteiger partial charge in [-0.25, -0.2) is 9.13 Å². The Kier molecular flexibility index (Phi) is 66.8. The normalized spacial score (nSPS) is 14.3. The molecule has 0 saturated carbocycles. The number of aliphatic hydroxyl groups is 1. The van der Waals surface area contributed by atoms with Crippen LogP contribution in [0.3, 0.4) is 0 Å². The number of hydrogen-bond donors (Lipinski definition) is 3. The lowest BCUT2D eigenvalue weighted by atomic mass is 9.99. The molecule has 0 aromatic rings. The number of rotatable bonds is 75. The minimum absolute atomic E-state index is 0.107. The standard InChI is InChI=1S/C75H146O17P2/c1-6-10-13-16-19-22-24-25-26-27-31-35-39-44-49-54-59-73(78)86-65-71(92-75(80)61-56-51-46-41-36-32-29-28-30-34-38-42-47-52-57-68(5)9-4)67-90-94(83,84)88-63-69(76)62-87-93(81,82)89-66-70(64-85-72(77)58-53-48-43-37-21-18-15-12-8-3)91-74(79)60-55-50-45-40-33-23-20-17-14-11-7-2/h68-71,76H,6-67H2,1-5H3,(H,81,82)(H,83,84)/t68?,69-,70+,71+/m0/s1. The van der Waals surface area contributed by atoms with Gasteiger partial charge in [-0.15, -0.1) is 0 Å². The van der Waals surface area contributed by atoms with E-state index in [9.17, 15) is 43.2 Å². The van der Waals surface area contributed by atoms with Gasteiger partial charge in [-0.1, -0.05) is 343 Å². The Bertz CT molecular complexity index is 1810. The van der Waals surface area contributed by atoms with Crippen LogP contribution in [0.2, 0.25) is 0 Å². The molecule has 0 saturated heterocycles. The molecule has 0 spiro atoms. The predicted octanol–water partition coefficient (Wildman–Crippen LogP) is 22.1. The lowest BCUT2D eigenvalue weighted by Crippen LogP contribution is -2.30. The summed E-state index contributed by atoms with van der Waals surface area (Å²) in [6.07, 6.45) is 56.7. The zero-order valence-electron chi connectivity index (χ0n) is 61.1. The molecule has 0 rings (SSSR count). The molecule has 94 heavy (non-hydrogen) atoms. The van der Waals surface area contributed by atoms with Crippen LogP contribution in [0.15, 0.2) is 0 Å². The van der Waals surface area contributed by atoms with Crippen LogP contribution in [0.25, 0.3) is 0 Å². The van der Waals surface area contributed by atoms with Gasteiger partial charge in [0.1, 0.15) is 19.3 Å². The van der Waals surface area contributed by atoms with Crippen molar-refractivity contribution in [2.75, 3.05) is 39.6 Å². The van der Waals surface area contributed by atoms with Gasteiger partial charge >= 0.3 is 39.5 Å². The largest absolute Gasteiger partial charge is 0.472 e. The molecule has 0 bridgehead atoms. The maximum Gasteiger partial charge on any atom is 0.472 e. The molecular formula is C75H146O17P2. The van der Waals surface area contributed by atoms with E-state index in [1.807, 2.05) is 0 Å². The molecule has 0 heterocycles. The van der Waals surface area contributed by atoms with Crippen molar-refractivity contribution in [2.24, 2.45) is 5.92 Å². The average molecular weight is 1380 g/mol. The summed E-state index contributed by atoms with van der Waals surface area (Å²) in [5, 5.41) is 10.6. The van der Waals surface area contributed by atoms with Gasteiger partial charge in [0.25, 0.3) is 0 Å². The summed E-state index contributed by atoms with van der Waals surface area (Å²) in [4.78, 5) is 72.7. The van der Waals surface area contributed by atoms with E-state index in [4.69, 9.17) is 37.0 Å². The van der Waals surface area contributed by atoms with E-state index < -0.39 is 97.5 Å². The van der Waals surface area contributed by atoms with Crippen molar-refractivity contribution in [1.29, 1.82) is 0 Å². The van der Waals surface area contributed by atoms with E-state index in [0.29, 0.717) is 25.7 Å². The number of carbonyl (C=O) groups is 4. The number of unbranched alkanes of at least 4 members (excludes halogenated alkanes) is 46. The van der Waals surface area contributed by atoms with E-state index in [2.05, 4.69) is 34.6 Å². The van der Waals surface area contributed by atoms with E-state index in [1.165, 1.54) is 218 Å². The third kappa shape index (κ3) is 67.3. The lowest BCUT2D eigenvalue weighted by molar-refractivity contribution is -0.161. The zero-order chi connectivity index (χ0) is 69.1. The topological polar surface area (TPSA) is 237 Å². The fraction of sp³-hybridized carbons (Fsp3) is 0.947. The molecule has 3 N–H and O–H groups in total. The van der Waals surface area contributed by atoms with Crippen LogP contribution < -0.4 is 0 Å². The van der Waals surface area contributed by atoms with Crippen molar-refractivity contribution in [3.8, 4) is 0 Å². The molecule has 0 fully saturated rings. The number of carbonyl (C=O) groups excluding carboxylic acids is 4. The fourth-order valence-corrected chi connectivity index (χ4v) is 13.1. The van der Waals surface area contributed by atoms with Crippen molar-refractivity contribution in [3.05, 3.63) is 0 Å².